The maximum atomic E-state index is 12.7. The molecule has 0 radical (unpaired) electrons. The summed E-state index contributed by atoms with van der Waals surface area (Å²) in [5.74, 6) is 4.28. The molecule has 6 nitrogen and oxygen atoms in total. The molecule has 5 aliphatic rings. The number of rotatable bonds is 5. The molecule has 4 fully saturated rings. The van der Waals surface area contributed by atoms with Gasteiger partial charge in [0, 0.05) is 17.0 Å². The number of ether oxygens (including phenoxy) is 4. The number of benzene rings is 1. The van der Waals surface area contributed by atoms with E-state index in [0.29, 0.717) is 34.4 Å². The molecule has 4 saturated carbocycles. The molecule has 0 aromatic heterocycles. The van der Waals surface area contributed by atoms with E-state index in [1.165, 1.54) is 19.3 Å². The highest BCUT2D eigenvalue weighted by atomic mass is 16.6. The lowest BCUT2D eigenvalue weighted by Crippen LogP contribution is -2.50. The van der Waals surface area contributed by atoms with Gasteiger partial charge in [0.1, 0.15) is 5.75 Å². The van der Waals surface area contributed by atoms with Crippen LogP contribution in [0.1, 0.15) is 44.1 Å². The number of esters is 1. The second kappa shape index (κ2) is 6.78. The first-order chi connectivity index (χ1) is 14.0. The van der Waals surface area contributed by atoms with Crippen molar-refractivity contribution in [2.45, 2.75) is 38.5 Å². The van der Waals surface area contributed by atoms with Crippen LogP contribution in [0.3, 0.4) is 0 Å². The normalized spacial score (nSPS) is 33.6. The molecule has 6 heteroatoms. The third-order valence-electron chi connectivity index (χ3n) is 7.14. The summed E-state index contributed by atoms with van der Waals surface area (Å²) in [5, 5.41) is 0. The van der Waals surface area contributed by atoms with Gasteiger partial charge >= 0.3 is 5.97 Å². The van der Waals surface area contributed by atoms with E-state index in [1.807, 2.05) is 0 Å². The van der Waals surface area contributed by atoms with E-state index in [0.717, 1.165) is 37.0 Å². The summed E-state index contributed by atoms with van der Waals surface area (Å²) in [7, 11) is 4.74. The summed E-state index contributed by atoms with van der Waals surface area (Å²) in [5.41, 5.74) is 0.982. The molecule has 0 atom stereocenters. The molecule has 6 rings (SSSR count). The van der Waals surface area contributed by atoms with Crippen molar-refractivity contribution in [3.63, 3.8) is 0 Å². The highest BCUT2D eigenvalue weighted by Crippen LogP contribution is 2.61. The first-order valence-electron chi connectivity index (χ1n) is 10.4. The van der Waals surface area contributed by atoms with Crippen molar-refractivity contribution in [2.75, 3.05) is 21.3 Å². The van der Waals surface area contributed by atoms with Crippen molar-refractivity contribution in [3.05, 3.63) is 23.4 Å². The topological polar surface area (TPSA) is 66.3 Å². The van der Waals surface area contributed by atoms with Crippen LogP contribution in [0.5, 0.6) is 17.2 Å². The number of hydrogen-bond donors (Lipinski definition) is 0. The van der Waals surface area contributed by atoms with Crippen LogP contribution >= 0.6 is 0 Å². The zero-order chi connectivity index (χ0) is 20.2. The molecule has 1 aromatic carbocycles. The monoisotopic (exact) mass is 397 g/mol. The lowest BCUT2D eigenvalue weighted by molar-refractivity contribution is -0.131. The molecule has 29 heavy (non-hydrogen) atoms. The molecule has 4 aliphatic carbocycles. The van der Waals surface area contributed by atoms with E-state index in [2.05, 4.69) is 0 Å². The molecule has 154 valence electrons. The number of carbonyl (C=O) groups excluding carboxylic acids is 1. The van der Waals surface area contributed by atoms with E-state index in [9.17, 15) is 4.79 Å². The van der Waals surface area contributed by atoms with Crippen molar-refractivity contribution in [1.82, 2.24) is 0 Å². The Labute approximate surface area is 170 Å². The Morgan fingerprint density at radius 3 is 2.03 bits per heavy atom. The van der Waals surface area contributed by atoms with Crippen LogP contribution in [0.25, 0.3) is 6.08 Å². The number of carbonyl (C=O) groups is 1. The highest BCUT2D eigenvalue weighted by Gasteiger charge is 2.55. The minimum atomic E-state index is -0.382. The second-order valence-electron chi connectivity index (χ2n) is 8.98. The SMILES string of the molecule is COc1cc(OC)c(OC)cc1C=C1N=C(C23CC4CC(CC(C4)C2)C3)OC1=O. The minimum absolute atomic E-state index is 0.0400. The number of hydrogen-bond acceptors (Lipinski definition) is 6. The van der Waals surface area contributed by atoms with Gasteiger partial charge in [0.05, 0.1) is 21.3 Å². The Hall–Kier alpha value is -2.50. The Morgan fingerprint density at radius 2 is 1.48 bits per heavy atom. The fourth-order valence-corrected chi connectivity index (χ4v) is 6.32. The molecule has 1 aliphatic heterocycles. The third kappa shape index (κ3) is 3.00. The van der Waals surface area contributed by atoms with E-state index < -0.39 is 0 Å². The number of nitrogens with zero attached hydrogens (tertiary/aromatic N) is 1. The fraction of sp³-hybridized carbons (Fsp3) is 0.565. The van der Waals surface area contributed by atoms with Crippen LogP contribution in [0.2, 0.25) is 0 Å². The summed E-state index contributed by atoms with van der Waals surface area (Å²) < 4.78 is 22.0. The second-order valence-corrected chi connectivity index (χ2v) is 8.98. The van der Waals surface area contributed by atoms with Crippen LogP contribution < -0.4 is 14.2 Å². The Morgan fingerprint density at radius 1 is 0.931 bits per heavy atom. The minimum Gasteiger partial charge on any atom is -0.496 e. The predicted octanol–water partition coefficient (Wildman–Crippen LogP) is 4.23. The van der Waals surface area contributed by atoms with Crippen LogP contribution in [-0.4, -0.2) is 33.2 Å². The van der Waals surface area contributed by atoms with Gasteiger partial charge in [0.15, 0.2) is 17.2 Å². The molecule has 0 spiro atoms. The molecular formula is C23H27NO5. The van der Waals surface area contributed by atoms with Gasteiger partial charge in [-0.15, -0.1) is 0 Å². The van der Waals surface area contributed by atoms with Gasteiger partial charge < -0.3 is 18.9 Å². The Balaban J connectivity index is 1.50. The predicted molar refractivity (Wildman–Crippen MR) is 108 cm³/mol. The molecule has 0 unspecified atom stereocenters. The standard InChI is InChI=1S/C23H27NO5/c1-26-18-9-20(28-3)19(27-2)8-16(18)7-17-21(25)29-22(24-17)23-10-13-4-14(11-23)6-15(5-13)12-23/h7-9,13-15H,4-6,10-12H2,1-3H3. The van der Waals surface area contributed by atoms with Crippen LogP contribution in [0.4, 0.5) is 0 Å². The summed E-state index contributed by atoms with van der Waals surface area (Å²) in [4.78, 5) is 17.4. The van der Waals surface area contributed by atoms with E-state index in [1.54, 1.807) is 39.5 Å². The molecule has 0 amide bonds. The molecule has 0 N–H and O–H groups in total. The molecule has 1 heterocycles. The number of aliphatic imine (C=N–C) groups is 1. The first kappa shape index (κ1) is 18.5. The van der Waals surface area contributed by atoms with Crippen LogP contribution in [0, 0.1) is 23.2 Å². The van der Waals surface area contributed by atoms with Gasteiger partial charge in [-0.2, -0.15) is 0 Å². The largest absolute Gasteiger partial charge is 0.496 e. The van der Waals surface area contributed by atoms with Gasteiger partial charge in [-0.3, -0.25) is 0 Å². The molecular weight excluding hydrogens is 370 g/mol. The molecule has 0 saturated heterocycles. The van der Waals surface area contributed by atoms with E-state index in [4.69, 9.17) is 23.9 Å². The van der Waals surface area contributed by atoms with Crippen molar-refractivity contribution >= 4 is 17.9 Å². The Bertz CT molecular complexity index is 881. The zero-order valence-corrected chi connectivity index (χ0v) is 17.2. The lowest BCUT2D eigenvalue weighted by Gasteiger charge is -2.55. The highest BCUT2D eigenvalue weighted by molar-refractivity contribution is 6.09. The summed E-state index contributed by atoms with van der Waals surface area (Å²) >= 11 is 0. The van der Waals surface area contributed by atoms with Gasteiger partial charge in [-0.1, -0.05) is 0 Å². The summed E-state index contributed by atoms with van der Waals surface area (Å²) in [6, 6.07) is 3.53. The fourth-order valence-electron chi connectivity index (χ4n) is 6.32. The lowest BCUT2D eigenvalue weighted by atomic mass is 9.49. The first-order valence-corrected chi connectivity index (χ1v) is 10.4. The van der Waals surface area contributed by atoms with Gasteiger partial charge in [-0.05, 0) is 68.4 Å². The Kier molecular flexibility index (Phi) is 4.33. The van der Waals surface area contributed by atoms with E-state index >= 15 is 0 Å². The number of cyclic esters (lactones) is 1. The number of methoxy groups -OCH3 is 3. The maximum absolute atomic E-state index is 12.7. The van der Waals surface area contributed by atoms with Crippen molar-refractivity contribution in [2.24, 2.45) is 28.2 Å². The molecule has 1 aromatic rings. The summed E-state index contributed by atoms with van der Waals surface area (Å²) in [6.07, 6.45) is 9.06. The third-order valence-corrected chi connectivity index (χ3v) is 7.14. The maximum Gasteiger partial charge on any atom is 0.363 e. The van der Waals surface area contributed by atoms with Gasteiger partial charge in [0.2, 0.25) is 5.90 Å². The van der Waals surface area contributed by atoms with Crippen LogP contribution in [0.15, 0.2) is 22.8 Å². The molecule has 4 bridgehead atoms. The van der Waals surface area contributed by atoms with Gasteiger partial charge in [0.25, 0.3) is 0 Å². The van der Waals surface area contributed by atoms with Crippen LogP contribution in [-0.2, 0) is 9.53 Å². The van der Waals surface area contributed by atoms with Crippen molar-refractivity contribution in [3.8, 4) is 17.2 Å². The average molecular weight is 397 g/mol. The van der Waals surface area contributed by atoms with Crippen molar-refractivity contribution in [1.29, 1.82) is 0 Å². The van der Waals surface area contributed by atoms with Crippen molar-refractivity contribution < 1.29 is 23.7 Å². The summed E-state index contributed by atoms with van der Waals surface area (Å²) in [6.45, 7) is 0. The quantitative estimate of drug-likeness (QED) is 0.550. The smallest absolute Gasteiger partial charge is 0.363 e. The van der Waals surface area contributed by atoms with E-state index in [-0.39, 0.29) is 11.4 Å². The zero-order valence-electron chi connectivity index (χ0n) is 17.2. The average Bonchev–Trinajstić information content (AvgIpc) is 3.08. The van der Waals surface area contributed by atoms with Gasteiger partial charge in [-0.25, -0.2) is 9.79 Å².